The highest BCUT2D eigenvalue weighted by Gasteiger charge is 2.32. The molecule has 2 atom stereocenters. The molecule has 2 nitrogen and oxygen atoms in total. The Morgan fingerprint density at radius 1 is 1.50 bits per heavy atom. The van der Waals surface area contributed by atoms with Crippen LogP contribution in [0.15, 0.2) is 12.1 Å². The molecule has 76 valence electrons. The fraction of sp³-hybridized carbons (Fsp3) is 0.455. The van der Waals surface area contributed by atoms with Gasteiger partial charge in [-0.1, -0.05) is 6.92 Å². The molecule has 0 saturated heterocycles. The molecular weight excluding hydrogens is 179 g/mol. The van der Waals surface area contributed by atoms with Crippen LogP contribution in [0.4, 0.5) is 15.8 Å². The van der Waals surface area contributed by atoms with Gasteiger partial charge in [-0.05, 0) is 37.0 Å². The lowest BCUT2D eigenvalue weighted by molar-refractivity contribution is 0.619. The molecule has 2 unspecified atom stereocenters. The Kier molecular flexibility index (Phi) is 2.10. The van der Waals surface area contributed by atoms with Crippen molar-refractivity contribution in [1.29, 1.82) is 0 Å². The lowest BCUT2D eigenvalue weighted by Crippen LogP contribution is -2.06. The Labute approximate surface area is 83.3 Å². The van der Waals surface area contributed by atoms with Crippen LogP contribution in [0.5, 0.6) is 0 Å². The molecule has 0 aliphatic heterocycles. The van der Waals surface area contributed by atoms with Crippen LogP contribution < -0.4 is 11.1 Å². The van der Waals surface area contributed by atoms with E-state index in [9.17, 15) is 4.39 Å². The first-order valence-electron chi connectivity index (χ1n) is 4.90. The molecular formula is C11H15FN2. The molecule has 0 bridgehead atoms. The SMILES string of the molecule is Cc1cc(NC2CC2C)c(N)cc1F. The lowest BCUT2D eigenvalue weighted by Gasteiger charge is -2.10. The molecule has 1 aliphatic carbocycles. The van der Waals surface area contributed by atoms with Crippen molar-refractivity contribution < 1.29 is 4.39 Å². The Morgan fingerprint density at radius 2 is 2.14 bits per heavy atom. The van der Waals surface area contributed by atoms with Crippen molar-refractivity contribution in [1.82, 2.24) is 0 Å². The zero-order valence-corrected chi connectivity index (χ0v) is 8.47. The van der Waals surface area contributed by atoms with E-state index in [-0.39, 0.29) is 5.82 Å². The minimum absolute atomic E-state index is 0.239. The quantitative estimate of drug-likeness (QED) is 0.710. The number of benzene rings is 1. The van der Waals surface area contributed by atoms with Crippen LogP contribution >= 0.6 is 0 Å². The number of hydrogen-bond acceptors (Lipinski definition) is 2. The van der Waals surface area contributed by atoms with Crippen molar-refractivity contribution in [3.8, 4) is 0 Å². The molecule has 0 amide bonds. The maximum atomic E-state index is 13.1. The normalized spacial score (nSPS) is 24.8. The minimum atomic E-state index is -0.239. The number of rotatable bonds is 2. The molecule has 1 aromatic rings. The van der Waals surface area contributed by atoms with Crippen molar-refractivity contribution in [2.75, 3.05) is 11.1 Å². The second-order valence-electron chi connectivity index (χ2n) is 4.15. The van der Waals surface area contributed by atoms with Gasteiger partial charge in [0.05, 0.1) is 11.4 Å². The van der Waals surface area contributed by atoms with E-state index in [1.807, 2.05) is 0 Å². The summed E-state index contributed by atoms with van der Waals surface area (Å²) in [6.45, 7) is 3.93. The Bertz CT molecular complexity index is 363. The molecule has 3 heteroatoms. The summed E-state index contributed by atoms with van der Waals surface area (Å²) in [5.41, 5.74) is 7.70. The van der Waals surface area contributed by atoms with Crippen LogP contribution in [0, 0.1) is 18.7 Å². The fourth-order valence-electron chi connectivity index (χ4n) is 1.54. The largest absolute Gasteiger partial charge is 0.397 e. The number of nitrogens with one attached hydrogen (secondary N) is 1. The molecule has 14 heavy (non-hydrogen) atoms. The third-order valence-electron chi connectivity index (χ3n) is 2.78. The van der Waals surface area contributed by atoms with E-state index < -0.39 is 0 Å². The summed E-state index contributed by atoms with van der Waals surface area (Å²) < 4.78 is 13.1. The number of halogens is 1. The van der Waals surface area contributed by atoms with Crippen molar-refractivity contribution in [3.63, 3.8) is 0 Å². The van der Waals surface area contributed by atoms with Crippen molar-refractivity contribution >= 4 is 11.4 Å². The van der Waals surface area contributed by atoms with Gasteiger partial charge < -0.3 is 11.1 Å². The Hall–Kier alpha value is -1.25. The maximum Gasteiger partial charge on any atom is 0.128 e. The van der Waals surface area contributed by atoms with E-state index >= 15 is 0 Å². The van der Waals surface area contributed by atoms with E-state index in [0.29, 0.717) is 23.2 Å². The van der Waals surface area contributed by atoms with Crippen LogP contribution in [0.1, 0.15) is 18.9 Å². The van der Waals surface area contributed by atoms with E-state index in [4.69, 9.17) is 5.73 Å². The van der Waals surface area contributed by atoms with Crippen LogP contribution in [-0.4, -0.2) is 6.04 Å². The van der Waals surface area contributed by atoms with E-state index in [1.165, 1.54) is 12.5 Å². The zero-order chi connectivity index (χ0) is 10.3. The van der Waals surface area contributed by atoms with Gasteiger partial charge in [0, 0.05) is 6.04 Å². The highest BCUT2D eigenvalue weighted by molar-refractivity contribution is 5.68. The summed E-state index contributed by atoms with van der Waals surface area (Å²) in [4.78, 5) is 0. The first-order chi connectivity index (χ1) is 6.58. The van der Waals surface area contributed by atoms with Gasteiger partial charge >= 0.3 is 0 Å². The fourth-order valence-corrected chi connectivity index (χ4v) is 1.54. The van der Waals surface area contributed by atoms with E-state index in [1.54, 1.807) is 13.0 Å². The van der Waals surface area contributed by atoms with Gasteiger partial charge in [0.1, 0.15) is 5.82 Å². The van der Waals surface area contributed by atoms with Crippen molar-refractivity contribution in [3.05, 3.63) is 23.5 Å². The van der Waals surface area contributed by atoms with Gasteiger partial charge in [-0.2, -0.15) is 0 Å². The molecule has 0 aromatic heterocycles. The highest BCUT2D eigenvalue weighted by Crippen LogP contribution is 2.34. The van der Waals surface area contributed by atoms with Gasteiger partial charge in [0.15, 0.2) is 0 Å². The lowest BCUT2D eigenvalue weighted by atomic mass is 10.2. The van der Waals surface area contributed by atoms with Gasteiger partial charge in [-0.3, -0.25) is 0 Å². The Morgan fingerprint density at radius 3 is 2.71 bits per heavy atom. The molecule has 1 aliphatic rings. The zero-order valence-electron chi connectivity index (χ0n) is 8.47. The number of nitrogen functional groups attached to an aromatic ring is 1. The first kappa shape index (κ1) is 9.31. The third kappa shape index (κ3) is 1.67. The minimum Gasteiger partial charge on any atom is -0.397 e. The second kappa shape index (κ2) is 3.15. The van der Waals surface area contributed by atoms with Gasteiger partial charge in [-0.15, -0.1) is 0 Å². The predicted octanol–water partition coefficient (Wildman–Crippen LogP) is 2.54. The second-order valence-corrected chi connectivity index (χ2v) is 4.15. The average Bonchev–Trinajstić information content (AvgIpc) is 2.78. The Balaban J connectivity index is 2.20. The summed E-state index contributed by atoms with van der Waals surface area (Å²) in [6.07, 6.45) is 1.18. The molecule has 1 aromatic carbocycles. The van der Waals surface area contributed by atoms with Crippen molar-refractivity contribution in [2.45, 2.75) is 26.3 Å². The molecule has 0 spiro atoms. The van der Waals surface area contributed by atoms with Gasteiger partial charge in [0.2, 0.25) is 0 Å². The van der Waals surface area contributed by atoms with Crippen LogP contribution in [0.2, 0.25) is 0 Å². The standard InChI is InChI=1S/C11H15FN2/c1-6-3-11(9(13)5-8(6)12)14-10-4-7(10)2/h3,5,7,10,14H,4,13H2,1-2H3. The number of anilines is 2. The molecule has 0 radical (unpaired) electrons. The summed E-state index contributed by atoms with van der Waals surface area (Å²) in [6, 6.07) is 3.67. The molecule has 1 fully saturated rings. The van der Waals surface area contributed by atoms with Gasteiger partial charge in [0.25, 0.3) is 0 Å². The monoisotopic (exact) mass is 194 g/mol. The maximum absolute atomic E-state index is 13.1. The average molecular weight is 194 g/mol. The summed E-state index contributed by atoms with van der Waals surface area (Å²) in [7, 11) is 0. The van der Waals surface area contributed by atoms with Crippen LogP contribution in [-0.2, 0) is 0 Å². The van der Waals surface area contributed by atoms with Crippen molar-refractivity contribution in [2.24, 2.45) is 5.92 Å². The summed E-state index contributed by atoms with van der Waals surface area (Å²) >= 11 is 0. The third-order valence-corrected chi connectivity index (χ3v) is 2.78. The smallest absolute Gasteiger partial charge is 0.128 e. The predicted molar refractivity (Wildman–Crippen MR) is 56.7 cm³/mol. The van der Waals surface area contributed by atoms with Crippen LogP contribution in [0.25, 0.3) is 0 Å². The molecule has 3 N–H and O–H groups in total. The van der Waals surface area contributed by atoms with E-state index in [0.717, 1.165) is 5.69 Å². The molecule has 1 saturated carbocycles. The number of nitrogens with two attached hydrogens (primary N) is 1. The summed E-state index contributed by atoms with van der Waals surface area (Å²) in [5.74, 6) is 0.469. The number of hydrogen-bond donors (Lipinski definition) is 2. The van der Waals surface area contributed by atoms with E-state index in [2.05, 4.69) is 12.2 Å². The topological polar surface area (TPSA) is 38.0 Å². The van der Waals surface area contributed by atoms with Crippen LogP contribution in [0.3, 0.4) is 0 Å². The highest BCUT2D eigenvalue weighted by atomic mass is 19.1. The summed E-state index contributed by atoms with van der Waals surface area (Å²) in [5, 5.41) is 3.31. The number of aryl methyl sites for hydroxylation is 1. The molecule has 0 heterocycles. The molecule has 2 rings (SSSR count). The first-order valence-corrected chi connectivity index (χ1v) is 4.90. The van der Waals surface area contributed by atoms with Gasteiger partial charge in [-0.25, -0.2) is 4.39 Å².